The number of rotatable bonds is 5. The number of nitrogens with one attached hydrogen (secondary N) is 1. The number of aromatic hydroxyl groups is 1. The van der Waals surface area contributed by atoms with Crippen LogP contribution in [0.15, 0.2) is 24.3 Å². The van der Waals surface area contributed by atoms with Gasteiger partial charge in [0, 0.05) is 12.1 Å². The molecule has 0 heterocycles. The lowest BCUT2D eigenvalue weighted by Gasteiger charge is -2.23. The third-order valence-electron chi connectivity index (χ3n) is 2.45. The standard InChI is InChI=1S/C11H15NO4/c1-11(7-13,10(15)16)12-6-8-4-2-3-5-9(8)14/h2-5,12-14H,6-7H2,1H3,(H,15,16)/t11-/m0/s1. The number of carbonyl (C=O) groups is 1. The van der Waals surface area contributed by atoms with Gasteiger partial charge in [0.15, 0.2) is 0 Å². The number of carboxylic acids is 1. The van der Waals surface area contributed by atoms with Gasteiger partial charge >= 0.3 is 5.97 Å². The zero-order valence-electron chi connectivity index (χ0n) is 8.97. The maximum Gasteiger partial charge on any atom is 0.326 e. The highest BCUT2D eigenvalue weighted by Gasteiger charge is 2.31. The number of para-hydroxylation sites is 1. The number of benzene rings is 1. The molecule has 0 aliphatic rings. The van der Waals surface area contributed by atoms with Crippen LogP contribution in [0.5, 0.6) is 5.75 Å². The lowest BCUT2D eigenvalue weighted by Crippen LogP contribution is -2.52. The summed E-state index contributed by atoms with van der Waals surface area (Å²) in [6.45, 7) is 1.04. The van der Waals surface area contributed by atoms with Crippen molar-refractivity contribution >= 4 is 5.97 Å². The van der Waals surface area contributed by atoms with Crippen LogP contribution in [0, 0.1) is 0 Å². The second-order valence-corrected chi connectivity index (χ2v) is 3.78. The Labute approximate surface area is 93.4 Å². The first kappa shape index (κ1) is 12.5. The second-order valence-electron chi connectivity index (χ2n) is 3.78. The highest BCUT2D eigenvalue weighted by atomic mass is 16.4. The van der Waals surface area contributed by atoms with Gasteiger partial charge in [-0.1, -0.05) is 18.2 Å². The molecule has 0 aromatic heterocycles. The van der Waals surface area contributed by atoms with E-state index in [1.54, 1.807) is 18.2 Å². The lowest BCUT2D eigenvalue weighted by atomic mass is 10.0. The molecule has 0 aliphatic carbocycles. The number of aliphatic carboxylic acids is 1. The van der Waals surface area contributed by atoms with Crippen LogP contribution in [0.25, 0.3) is 0 Å². The molecule has 88 valence electrons. The molecule has 16 heavy (non-hydrogen) atoms. The van der Waals surface area contributed by atoms with Gasteiger partial charge in [-0.05, 0) is 13.0 Å². The van der Waals surface area contributed by atoms with Crippen molar-refractivity contribution in [2.45, 2.75) is 19.0 Å². The first-order chi connectivity index (χ1) is 7.49. The minimum absolute atomic E-state index is 0.0979. The third-order valence-corrected chi connectivity index (χ3v) is 2.45. The van der Waals surface area contributed by atoms with E-state index in [4.69, 9.17) is 10.2 Å². The largest absolute Gasteiger partial charge is 0.508 e. The van der Waals surface area contributed by atoms with Crippen LogP contribution < -0.4 is 5.32 Å². The van der Waals surface area contributed by atoms with Crippen molar-refractivity contribution in [1.82, 2.24) is 5.32 Å². The van der Waals surface area contributed by atoms with Gasteiger partial charge in [0.05, 0.1) is 6.61 Å². The number of phenols is 1. The van der Waals surface area contributed by atoms with Gasteiger partial charge in [0.1, 0.15) is 11.3 Å². The molecule has 0 radical (unpaired) electrons. The van der Waals surface area contributed by atoms with E-state index < -0.39 is 18.1 Å². The Hall–Kier alpha value is -1.59. The summed E-state index contributed by atoms with van der Waals surface area (Å²) in [6.07, 6.45) is 0. The fourth-order valence-corrected chi connectivity index (χ4v) is 1.15. The minimum atomic E-state index is -1.40. The van der Waals surface area contributed by atoms with E-state index >= 15 is 0 Å². The van der Waals surface area contributed by atoms with Crippen molar-refractivity contribution in [3.63, 3.8) is 0 Å². The van der Waals surface area contributed by atoms with Gasteiger partial charge < -0.3 is 15.3 Å². The lowest BCUT2D eigenvalue weighted by molar-refractivity contribution is -0.145. The number of hydrogen-bond donors (Lipinski definition) is 4. The summed E-state index contributed by atoms with van der Waals surface area (Å²) in [4.78, 5) is 10.9. The molecule has 0 amide bonds. The van der Waals surface area contributed by atoms with E-state index in [1.807, 2.05) is 0 Å². The SMILES string of the molecule is C[C@@](CO)(NCc1ccccc1O)C(=O)O. The second kappa shape index (κ2) is 4.96. The monoisotopic (exact) mass is 225 g/mol. The summed E-state index contributed by atoms with van der Waals surface area (Å²) in [6, 6.07) is 6.63. The van der Waals surface area contributed by atoms with Crippen LogP contribution in [0.2, 0.25) is 0 Å². The maximum absolute atomic E-state index is 10.9. The third kappa shape index (κ3) is 2.71. The smallest absolute Gasteiger partial charge is 0.326 e. The summed E-state index contributed by atoms with van der Waals surface area (Å²) in [5.41, 5.74) is -0.814. The Morgan fingerprint density at radius 2 is 2.06 bits per heavy atom. The van der Waals surface area contributed by atoms with Crippen molar-refractivity contribution in [2.75, 3.05) is 6.61 Å². The van der Waals surface area contributed by atoms with Crippen LogP contribution in [-0.4, -0.2) is 33.4 Å². The van der Waals surface area contributed by atoms with Gasteiger partial charge in [-0.25, -0.2) is 0 Å². The maximum atomic E-state index is 10.9. The summed E-state index contributed by atoms with van der Waals surface area (Å²) in [7, 11) is 0. The molecule has 0 aliphatic heterocycles. The van der Waals surface area contributed by atoms with Crippen molar-refractivity contribution in [3.8, 4) is 5.75 Å². The average molecular weight is 225 g/mol. The van der Waals surface area contributed by atoms with Gasteiger partial charge in [0.2, 0.25) is 0 Å². The highest BCUT2D eigenvalue weighted by Crippen LogP contribution is 2.16. The minimum Gasteiger partial charge on any atom is -0.508 e. The molecule has 4 N–H and O–H groups in total. The summed E-state index contributed by atoms with van der Waals surface area (Å²) in [5, 5.41) is 30.1. The molecule has 0 fully saturated rings. The zero-order valence-corrected chi connectivity index (χ0v) is 8.97. The van der Waals surface area contributed by atoms with Gasteiger partial charge in [-0.2, -0.15) is 0 Å². The topological polar surface area (TPSA) is 89.8 Å². The molecular formula is C11H15NO4. The van der Waals surface area contributed by atoms with Crippen molar-refractivity contribution < 1.29 is 20.1 Å². The number of carboxylic acid groups (broad SMARTS) is 1. The van der Waals surface area contributed by atoms with Crippen LogP contribution in [0.4, 0.5) is 0 Å². The Balaban J connectivity index is 2.71. The predicted molar refractivity (Wildman–Crippen MR) is 58.1 cm³/mol. The molecule has 1 aromatic carbocycles. The normalized spacial score (nSPS) is 14.4. The fourth-order valence-electron chi connectivity index (χ4n) is 1.15. The molecular weight excluding hydrogens is 210 g/mol. The van der Waals surface area contributed by atoms with E-state index in [-0.39, 0.29) is 12.3 Å². The molecule has 5 heteroatoms. The van der Waals surface area contributed by atoms with Crippen LogP contribution in [0.1, 0.15) is 12.5 Å². The Kier molecular flexibility index (Phi) is 3.87. The van der Waals surface area contributed by atoms with Crippen molar-refractivity contribution in [2.24, 2.45) is 0 Å². The molecule has 1 atom stereocenters. The Morgan fingerprint density at radius 3 is 2.56 bits per heavy atom. The number of phenolic OH excluding ortho intramolecular Hbond substituents is 1. The van der Waals surface area contributed by atoms with E-state index in [2.05, 4.69) is 5.32 Å². The van der Waals surface area contributed by atoms with Gasteiger partial charge in [0.25, 0.3) is 0 Å². The molecule has 0 unspecified atom stereocenters. The Morgan fingerprint density at radius 1 is 1.44 bits per heavy atom. The zero-order chi connectivity index (χ0) is 12.2. The van der Waals surface area contributed by atoms with E-state index in [0.717, 1.165) is 0 Å². The molecule has 5 nitrogen and oxygen atoms in total. The number of aliphatic hydroxyl groups excluding tert-OH is 1. The number of aliphatic hydroxyl groups is 1. The first-order valence-electron chi connectivity index (χ1n) is 4.86. The van der Waals surface area contributed by atoms with E-state index in [0.29, 0.717) is 5.56 Å². The first-order valence-corrected chi connectivity index (χ1v) is 4.86. The Bertz CT molecular complexity index is 380. The summed E-state index contributed by atoms with van der Waals surface area (Å²) in [5.74, 6) is -1.04. The predicted octanol–water partition coefficient (Wildman–Crippen LogP) is 0.317. The molecule has 0 spiro atoms. The van der Waals surface area contributed by atoms with Gasteiger partial charge in [-0.15, -0.1) is 0 Å². The quantitative estimate of drug-likeness (QED) is 0.579. The molecule has 0 saturated carbocycles. The van der Waals surface area contributed by atoms with Crippen LogP contribution in [-0.2, 0) is 11.3 Å². The molecule has 0 saturated heterocycles. The molecule has 0 bridgehead atoms. The fraction of sp³-hybridized carbons (Fsp3) is 0.364. The van der Waals surface area contributed by atoms with Crippen LogP contribution >= 0.6 is 0 Å². The highest BCUT2D eigenvalue weighted by molar-refractivity contribution is 5.78. The van der Waals surface area contributed by atoms with Crippen LogP contribution in [0.3, 0.4) is 0 Å². The summed E-state index contributed by atoms with van der Waals surface area (Å²) >= 11 is 0. The molecule has 1 rings (SSSR count). The van der Waals surface area contributed by atoms with E-state index in [1.165, 1.54) is 13.0 Å². The van der Waals surface area contributed by atoms with Crippen molar-refractivity contribution in [1.29, 1.82) is 0 Å². The number of hydrogen-bond acceptors (Lipinski definition) is 4. The van der Waals surface area contributed by atoms with Gasteiger partial charge in [-0.3, -0.25) is 10.1 Å². The van der Waals surface area contributed by atoms with Crippen molar-refractivity contribution in [3.05, 3.63) is 29.8 Å². The average Bonchev–Trinajstić information content (AvgIpc) is 2.27. The van der Waals surface area contributed by atoms with E-state index in [9.17, 15) is 9.90 Å². The summed E-state index contributed by atoms with van der Waals surface area (Å²) < 4.78 is 0. The molecule has 1 aromatic rings.